The number of carbonyl (C=O) groups is 1. The molecule has 3 rings (SSSR count). The number of benzene rings is 1. The van der Waals surface area contributed by atoms with E-state index in [-0.39, 0.29) is 5.91 Å². The van der Waals surface area contributed by atoms with Gasteiger partial charge in [0.05, 0.1) is 23.4 Å². The molecule has 0 radical (unpaired) electrons. The Labute approximate surface area is 147 Å². The summed E-state index contributed by atoms with van der Waals surface area (Å²) in [5.74, 6) is 2.41. The molecule has 1 aromatic carbocycles. The molecule has 0 saturated carbocycles. The second-order valence-electron chi connectivity index (χ2n) is 6.20. The number of thioether (sulfide) groups is 1. The van der Waals surface area contributed by atoms with Gasteiger partial charge in [0.2, 0.25) is 5.91 Å². The van der Waals surface area contributed by atoms with Gasteiger partial charge in [0, 0.05) is 25.6 Å². The topological polar surface area (TPSA) is 47.4 Å². The van der Waals surface area contributed by atoms with E-state index < -0.39 is 0 Å². The van der Waals surface area contributed by atoms with E-state index in [0.717, 1.165) is 55.3 Å². The fraction of sp³-hybridized carbons (Fsp3) is 0.556. The monoisotopic (exact) mass is 347 g/mol. The summed E-state index contributed by atoms with van der Waals surface area (Å²) in [6.45, 7) is 5.52. The molecule has 2 aromatic rings. The van der Waals surface area contributed by atoms with Gasteiger partial charge in [-0.15, -0.1) is 0 Å². The Morgan fingerprint density at radius 3 is 3.00 bits per heavy atom. The van der Waals surface area contributed by atoms with E-state index in [9.17, 15) is 4.79 Å². The quantitative estimate of drug-likeness (QED) is 0.773. The van der Waals surface area contributed by atoms with Crippen LogP contribution in [0.1, 0.15) is 19.2 Å². The molecule has 1 fully saturated rings. The van der Waals surface area contributed by atoms with E-state index in [1.165, 1.54) is 0 Å². The van der Waals surface area contributed by atoms with E-state index in [2.05, 4.69) is 10.8 Å². The second-order valence-corrected chi connectivity index (χ2v) is 7.06. The number of rotatable bonds is 7. The van der Waals surface area contributed by atoms with Crippen molar-refractivity contribution in [1.29, 1.82) is 0 Å². The molecule has 130 valence electrons. The first-order valence-corrected chi connectivity index (χ1v) is 9.91. The van der Waals surface area contributed by atoms with Crippen molar-refractivity contribution < 1.29 is 9.53 Å². The van der Waals surface area contributed by atoms with Gasteiger partial charge < -0.3 is 14.2 Å². The third-order valence-electron chi connectivity index (χ3n) is 4.54. The third-order valence-corrected chi connectivity index (χ3v) is 5.08. The summed E-state index contributed by atoms with van der Waals surface area (Å²) in [6.07, 6.45) is 3.11. The number of hydrogen-bond donors (Lipinski definition) is 0. The molecule has 1 atom stereocenters. The first-order valence-electron chi connectivity index (χ1n) is 8.51. The lowest BCUT2D eigenvalue weighted by Gasteiger charge is -2.24. The van der Waals surface area contributed by atoms with Crippen molar-refractivity contribution >= 4 is 28.7 Å². The maximum Gasteiger partial charge on any atom is 0.242 e. The first-order chi connectivity index (χ1) is 11.7. The molecule has 24 heavy (non-hydrogen) atoms. The Kier molecular flexibility index (Phi) is 5.79. The Bertz CT molecular complexity index is 695. The molecule has 0 aliphatic carbocycles. The number of aromatic nitrogens is 2. The van der Waals surface area contributed by atoms with Gasteiger partial charge in [0.1, 0.15) is 12.4 Å². The molecule has 0 unspecified atom stereocenters. The highest BCUT2D eigenvalue weighted by Crippen LogP contribution is 2.20. The zero-order valence-corrected chi connectivity index (χ0v) is 15.2. The third kappa shape index (κ3) is 3.75. The number of amides is 1. The van der Waals surface area contributed by atoms with E-state index >= 15 is 0 Å². The molecular weight excluding hydrogens is 322 g/mol. The minimum atomic E-state index is 0.162. The molecule has 6 heteroatoms. The van der Waals surface area contributed by atoms with Gasteiger partial charge in [-0.2, -0.15) is 11.8 Å². The molecule has 1 saturated heterocycles. The number of likely N-dealkylation sites (N-methyl/N-ethyl adjacent to an activating group) is 1. The molecular formula is C18H25N3O2S. The van der Waals surface area contributed by atoms with Gasteiger partial charge >= 0.3 is 0 Å². The number of para-hydroxylation sites is 2. The van der Waals surface area contributed by atoms with Crippen LogP contribution in [0.15, 0.2) is 24.3 Å². The fourth-order valence-corrected chi connectivity index (χ4v) is 3.70. The molecule has 2 heterocycles. The predicted octanol–water partition coefficient (Wildman–Crippen LogP) is 2.78. The highest BCUT2D eigenvalue weighted by Gasteiger charge is 2.22. The van der Waals surface area contributed by atoms with Gasteiger partial charge in [-0.25, -0.2) is 4.98 Å². The molecule has 1 aromatic heterocycles. The van der Waals surface area contributed by atoms with Crippen LogP contribution in [-0.4, -0.2) is 52.9 Å². The molecule has 1 aliphatic rings. The van der Waals surface area contributed by atoms with Crippen LogP contribution in [-0.2, 0) is 21.8 Å². The maximum absolute atomic E-state index is 12.9. The molecule has 1 amide bonds. The largest absolute Gasteiger partial charge is 0.381 e. The number of nitrogens with zero attached hydrogens (tertiary/aromatic N) is 3. The van der Waals surface area contributed by atoms with Crippen LogP contribution >= 0.6 is 11.8 Å². The van der Waals surface area contributed by atoms with E-state index in [1.54, 1.807) is 11.8 Å². The summed E-state index contributed by atoms with van der Waals surface area (Å²) in [5.41, 5.74) is 2.00. The highest BCUT2D eigenvalue weighted by atomic mass is 32.2. The Morgan fingerprint density at radius 2 is 2.29 bits per heavy atom. The Morgan fingerprint density at radius 1 is 1.46 bits per heavy atom. The van der Waals surface area contributed by atoms with Crippen LogP contribution in [0.5, 0.6) is 0 Å². The van der Waals surface area contributed by atoms with E-state index in [0.29, 0.717) is 12.5 Å². The van der Waals surface area contributed by atoms with Crippen LogP contribution in [0.4, 0.5) is 0 Å². The van der Waals surface area contributed by atoms with Crippen LogP contribution in [0.25, 0.3) is 11.0 Å². The smallest absolute Gasteiger partial charge is 0.242 e. The fourth-order valence-electron chi connectivity index (χ4n) is 3.22. The summed E-state index contributed by atoms with van der Waals surface area (Å²) in [4.78, 5) is 19.5. The van der Waals surface area contributed by atoms with Gasteiger partial charge in [0.15, 0.2) is 0 Å². The molecule has 0 N–H and O–H groups in total. The number of imidazole rings is 1. The SMILES string of the molecule is CCN(C[C@@H]1CCOC1)C(=O)Cn1c(CSC)nc2ccccc21. The Balaban J connectivity index is 1.79. The summed E-state index contributed by atoms with van der Waals surface area (Å²) >= 11 is 1.73. The average molecular weight is 347 g/mol. The molecule has 0 bridgehead atoms. The minimum absolute atomic E-state index is 0.162. The van der Waals surface area contributed by atoms with Crippen LogP contribution in [0.3, 0.4) is 0 Å². The van der Waals surface area contributed by atoms with Crippen molar-refractivity contribution in [3.05, 3.63) is 30.1 Å². The number of carbonyl (C=O) groups excluding carboxylic acids is 1. The lowest BCUT2D eigenvalue weighted by atomic mass is 10.1. The van der Waals surface area contributed by atoms with Crippen molar-refractivity contribution in [2.45, 2.75) is 25.6 Å². The van der Waals surface area contributed by atoms with E-state index in [1.807, 2.05) is 36.1 Å². The number of hydrogen-bond acceptors (Lipinski definition) is 4. The molecule has 1 aliphatic heterocycles. The van der Waals surface area contributed by atoms with Gasteiger partial charge in [-0.1, -0.05) is 12.1 Å². The summed E-state index contributed by atoms with van der Waals surface area (Å²) < 4.78 is 7.51. The van der Waals surface area contributed by atoms with Crippen LogP contribution in [0, 0.1) is 5.92 Å². The van der Waals surface area contributed by atoms with Crippen molar-refractivity contribution in [3.8, 4) is 0 Å². The zero-order chi connectivity index (χ0) is 16.9. The normalized spacial score (nSPS) is 17.5. The minimum Gasteiger partial charge on any atom is -0.381 e. The first kappa shape index (κ1) is 17.3. The molecule has 0 spiro atoms. The lowest BCUT2D eigenvalue weighted by molar-refractivity contribution is -0.132. The van der Waals surface area contributed by atoms with Crippen molar-refractivity contribution in [3.63, 3.8) is 0 Å². The number of fused-ring (bicyclic) bond motifs is 1. The summed E-state index contributed by atoms with van der Waals surface area (Å²) in [7, 11) is 0. The van der Waals surface area contributed by atoms with Gasteiger partial charge in [-0.05, 0) is 31.7 Å². The Hall–Kier alpha value is -1.53. The molecule has 5 nitrogen and oxygen atoms in total. The van der Waals surface area contributed by atoms with Crippen molar-refractivity contribution in [2.75, 3.05) is 32.6 Å². The highest BCUT2D eigenvalue weighted by molar-refractivity contribution is 7.97. The van der Waals surface area contributed by atoms with E-state index in [4.69, 9.17) is 9.72 Å². The number of ether oxygens (including phenoxy) is 1. The maximum atomic E-state index is 12.9. The van der Waals surface area contributed by atoms with Gasteiger partial charge in [0.25, 0.3) is 0 Å². The van der Waals surface area contributed by atoms with Gasteiger partial charge in [-0.3, -0.25) is 4.79 Å². The van der Waals surface area contributed by atoms with Crippen LogP contribution < -0.4 is 0 Å². The average Bonchev–Trinajstić information content (AvgIpc) is 3.21. The zero-order valence-electron chi connectivity index (χ0n) is 14.4. The lowest BCUT2D eigenvalue weighted by Crippen LogP contribution is -2.37. The predicted molar refractivity (Wildman–Crippen MR) is 98.1 cm³/mol. The second kappa shape index (κ2) is 8.03. The summed E-state index contributed by atoms with van der Waals surface area (Å²) in [5, 5.41) is 0. The summed E-state index contributed by atoms with van der Waals surface area (Å²) in [6, 6.07) is 8.04. The van der Waals surface area contributed by atoms with Crippen molar-refractivity contribution in [1.82, 2.24) is 14.5 Å². The van der Waals surface area contributed by atoms with Crippen LogP contribution in [0.2, 0.25) is 0 Å². The van der Waals surface area contributed by atoms with Crippen molar-refractivity contribution in [2.24, 2.45) is 5.92 Å². The standard InChI is InChI=1S/C18H25N3O2S/c1-3-20(10-14-8-9-23-12-14)18(22)11-21-16-7-5-4-6-15(16)19-17(21)13-24-2/h4-7,14H,3,8-13H2,1-2H3/t14-/m0/s1.